The number of nitrogens with zero attached hydrogens (tertiary/aromatic N) is 3. The maximum Gasteiger partial charge on any atom is 0.328 e. The summed E-state index contributed by atoms with van der Waals surface area (Å²) in [7, 11) is 0. The maximum absolute atomic E-state index is 12.5. The molecular formula is C15H15ClN4O2. The first-order valence-electron chi connectivity index (χ1n) is 6.92. The van der Waals surface area contributed by atoms with Crippen LogP contribution in [0, 0.1) is 5.92 Å². The predicted octanol–water partition coefficient (Wildman–Crippen LogP) is 1.88. The zero-order valence-electron chi connectivity index (χ0n) is 12.0. The van der Waals surface area contributed by atoms with Gasteiger partial charge in [-0.3, -0.25) is 9.36 Å². The van der Waals surface area contributed by atoms with Crippen molar-refractivity contribution in [1.29, 1.82) is 0 Å². The molecule has 0 saturated heterocycles. The zero-order chi connectivity index (χ0) is 15.7. The second-order valence-electron chi connectivity index (χ2n) is 5.40. The third-order valence-electron chi connectivity index (χ3n) is 3.52. The van der Waals surface area contributed by atoms with Crippen molar-refractivity contribution in [3.63, 3.8) is 0 Å². The summed E-state index contributed by atoms with van der Waals surface area (Å²) in [6.45, 7) is 3.01. The van der Waals surface area contributed by atoms with Crippen molar-refractivity contribution < 1.29 is 0 Å². The van der Waals surface area contributed by atoms with E-state index in [-0.39, 0.29) is 11.5 Å². The molecule has 0 aliphatic carbocycles. The fourth-order valence-electron chi connectivity index (χ4n) is 2.52. The van der Waals surface area contributed by atoms with Gasteiger partial charge in [-0.1, -0.05) is 18.5 Å². The second-order valence-corrected chi connectivity index (χ2v) is 5.84. The van der Waals surface area contributed by atoms with Gasteiger partial charge < -0.3 is 9.55 Å². The lowest BCUT2D eigenvalue weighted by molar-refractivity contribution is 0.403. The lowest BCUT2D eigenvalue weighted by Gasteiger charge is -2.13. The van der Waals surface area contributed by atoms with Crippen LogP contribution in [-0.2, 0) is 13.1 Å². The van der Waals surface area contributed by atoms with Crippen LogP contribution in [0.4, 0.5) is 0 Å². The monoisotopic (exact) mass is 318 g/mol. The number of H-pyrrole nitrogens is 1. The molecule has 0 spiro atoms. The summed E-state index contributed by atoms with van der Waals surface area (Å²) in [5, 5.41) is 0.938. The summed E-state index contributed by atoms with van der Waals surface area (Å²) < 4.78 is 3.16. The molecule has 2 aromatic heterocycles. The molecule has 1 atom stereocenters. The number of aromatic nitrogens is 4. The van der Waals surface area contributed by atoms with E-state index in [0.29, 0.717) is 29.0 Å². The van der Waals surface area contributed by atoms with E-state index in [9.17, 15) is 9.59 Å². The first kappa shape index (κ1) is 14.6. The number of imidazole rings is 1. The number of hydrogen-bond donors (Lipinski definition) is 1. The molecule has 0 amide bonds. The molecular weight excluding hydrogens is 304 g/mol. The number of hydrogen-bond acceptors (Lipinski definition) is 3. The normalized spacial score (nSPS) is 12.6. The molecule has 0 saturated carbocycles. The van der Waals surface area contributed by atoms with Crippen molar-refractivity contribution >= 4 is 22.5 Å². The smallest absolute Gasteiger partial charge is 0.328 e. The van der Waals surface area contributed by atoms with Gasteiger partial charge in [0.25, 0.3) is 5.56 Å². The van der Waals surface area contributed by atoms with Crippen LogP contribution in [0.5, 0.6) is 0 Å². The van der Waals surface area contributed by atoms with E-state index >= 15 is 0 Å². The quantitative estimate of drug-likeness (QED) is 0.798. The van der Waals surface area contributed by atoms with Gasteiger partial charge in [-0.15, -0.1) is 0 Å². The van der Waals surface area contributed by atoms with E-state index in [1.165, 1.54) is 4.57 Å². The van der Waals surface area contributed by atoms with E-state index < -0.39 is 5.69 Å². The average molecular weight is 319 g/mol. The van der Waals surface area contributed by atoms with Gasteiger partial charge >= 0.3 is 5.69 Å². The molecule has 1 N–H and O–H groups in total. The van der Waals surface area contributed by atoms with Crippen LogP contribution < -0.4 is 11.2 Å². The van der Waals surface area contributed by atoms with Gasteiger partial charge in [0.15, 0.2) is 0 Å². The highest BCUT2D eigenvalue weighted by Gasteiger charge is 2.11. The minimum absolute atomic E-state index is 0.109. The van der Waals surface area contributed by atoms with Crippen molar-refractivity contribution in [2.24, 2.45) is 5.92 Å². The first-order chi connectivity index (χ1) is 10.5. The zero-order valence-corrected chi connectivity index (χ0v) is 12.7. The minimum atomic E-state index is -0.419. The molecule has 0 fully saturated rings. The van der Waals surface area contributed by atoms with Crippen molar-refractivity contribution in [1.82, 2.24) is 19.1 Å². The largest absolute Gasteiger partial charge is 0.337 e. The van der Waals surface area contributed by atoms with Crippen LogP contribution in [-0.4, -0.2) is 19.1 Å². The SMILES string of the molecule is CC(Cn1ccnc1)Cn1c(=O)[nH]c2cc(Cl)ccc2c1=O. The fourth-order valence-corrected chi connectivity index (χ4v) is 2.69. The molecule has 3 rings (SSSR count). The molecule has 1 unspecified atom stereocenters. The summed E-state index contributed by atoms with van der Waals surface area (Å²) in [6, 6.07) is 4.86. The maximum atomic E-state index is 12.5. The summed E-state index contributed by atoms with van der Waals surface area (Å²) in [4.78, 5) is 31.3. The molecule has 0 radical (unpaired) electrons. The van der Waals surface area contributed by atoms with E-state index in [4.69, 9.17) is 11.6 Å². The van der Waals surface area contributed by atoms with Crippen molar-refractivity contribution in [3.05, 3.63) is 62.8 Å². The Labute approximate surface area is 131 Å². The number of rotatable bonds is 4. The summed E-state index contributed by atoms with van der Waals surface area (Å²) in [6.07, 6.45) is 5.27. The van der Waals surface area contributed by atoms with E-state index in [1.807, 2.05) is 17.7 Å². The second kappa shape index (κ2) is 5.81. The van der Waals surface area contributed by atoms with Gasteiger partial charge in [0, 0.05) is 30.5 Å². The Morgan fingerprint density at radius 3 is 2.86 bits per heavy atom. The van der Waals surface area contributed by atoms with E-state index in [0.717, 1.165) is 0 Å². The van der Waals surface area contributed by atoms with Gasteiger partial charge in [-0.2, -0.15) is 0 Å². The fraction of sp³-hybridized carbons (Fsp3) is 0.267. The highest BCUT2D eigenvalue weighted by Crippen LogP contribution is 2.13. The lowest BCUT2D eigenvalue weighted by Crippen LogP contribution is -2.37. The van der Waals surface area contributed by atoms with Crippen LogP contribution >= 0.6 is 11.6 Å². The number of aromatic amines is 1. The van der Waals surface area contributed by atoms with Gasteiger partial charge in [-0.05, 0) is 24.1 Å². The summed E-state index contributed by atoms with van der Waals surface area (Å²) >= 11 is 5.89. The van der Waals surface area contributed by atoms with Gasteiger partial charge in [-0.25, -0.2) is 9.78 Å². The van der Waals surface area contributed by atoms with Crippen LogP contribution in [0.25, 0.3) is 10.9 Å². The van der Waals surface area contributed by atoms with Gasteiger partial charge in [0.05, 0.1) is 17.2 Å². The van der Waals surface area contributed by atoms with Gasteiger partial charge in [0.1, 0.15) is 0 Å². The molecule has 0 bridgehead atoms. The molecule has 3 aromatic rings. The molecule has 6 nitrogen and oxygen atoms in total. The number of fused-ring (bicyclic) bond motifs is 1. The third kappa shape index (κ3) is 2.82. The predicted molar refractivity (Wildman–Crippen MR) is 85.2 cm³/mol. The van der Waals surface area contributed by atoms with Gasteiger partial charge in [0.2, 0.25) is 0 Å². The van der Waals surface area contributed by atoms with Crippen LogP contribution in [0.1, 0.15) is 6.92 Å². The Hall–Kier alpha value is -2.34. The third-order valence-corrected chi connectivity index (χ3v) is 3.75. The molecule has 1 aromatic carbocycles. The number of halogens is 1. The molecule has 0 aliphatic heterocycles. The Morgan fingerprint density at radius 2 is 2.14 bits per heavy atom. The lowest BCUT2D eigenvalue weighted by atomic mass is 10.1. The highest BCUT2D eigenvalue weighted by atomic mass is 35.5. The Kier molecular flexibility index (Phi) is 3.85. The Morgan fingerprint density at radius 1 is 1.32 bits per heavy atom. The van der Waals surface area contributed by atoms with E-state index in [1.54, 1.807) is 30.7 Å². The standard InChI is InChI=1S/C15H15ClN4O2/c1-10(7-19-5-4-17-9-19)8-20-14(21)12-3-2-11(16)6-13(12)18-15(20)22/h2-6,9-10H,7-8H2,1H3,(H,18,22). The van der Waals surface area contributed by atoms with Crippen LogP contribution in [0.3, 0.4) is 0 Å². The molecule has 7 heteroatoms. The topological polar surface area (TPSA) is 72.7 Å². The van der Waals surface area contributed by atoms with E-state index in [2.05, 4.69) is 9.97 Å². The van der Waals surface area contributed by atoms with Crippen molar-refractivity contribution in [3.8, 4) is 0 Å². The minimum Gasteiger partial charge on any atom is -0.337 e. The average Bonchev–Trinajstić information content (AvgIpc) is 2.96. The summed E-state index contributed by atoms with van der Waals surface area (Å²) in [5.41, 5.74) is -0.258. The first-order valence-corrected chi connectivity index (χ1v) is 7.30. The summed E-state index contributed by atoms with van der Waals surface area (Å²) in [5.74, 6) is 0.109. The van der Waals surface area contributed by atoms with Crippen LogP contribution in [0.2, 0.25) is 5.02 Å². The Bertz CT molecular complexity index is 911. The number of nitrogens with one attached hydrogen (secondary N) is 1. The molecule has 2 heterocycles. The Balaban J connectivity index is 1.95. The molecule has 22 heavy (non-hydrogen) atoms. The molecule has 114 valence electrons. The van der Waals surface area contributed by atoms with Crippen molar-refractivity contribution in [2.75, 3.05) is 0 Å². The highest BCUT2D eigenvalue weighted by molar-refractivity contribution is 6.31. The number of benzene rings is 1. The van der Waals surface area contributed by atoms with Crippen LogP contribution in [0.15, 0.2) is 46.5 Å². The van der Waals surface area contributed by atoms with Crippen molar-refractivity contribution in [2.45, 2.75) is 20.0 Å². The molecule has 0 aliphatic rings.